The molecule has 32 heavy (non-hydrogen) atoms. The van der Waals surface area contributed by atoms with Crippen molar-refractivity contribution in [2.24, 2.45) is 0 Å². The molecule has 3 rings (SSSR count). The Balaban J connectivity index is 1.52. The van der Waals surface area contributed by atoms with Crippen LogP contribution in [-0.4, -0.2) is 38.0 Å². The summed E-state index contributed by atoms with van der Waals surface area (Å²) in [5.74, 6) is 0.905. The summed E-state index contributed by atoms with van der Waals surface area (Å²) in [7, 11) is 1.63. The van der Waals surface area contributed by atoms with Gasteiger partial charge in [0.25, 0.3) is 5.91 Å². The van der Waals surface area contributed by atoms with Crippen LogP contribution < -0.4 is 20.1 Å². The van der Waals surface area contributed by atoms with Crippen LogP contribution in [0.1, 0.15) is 15.9 Å². The van der Waals surface area contributed by atoms with E-state index in [4.69, 9.17) is 26.4 Å². The van der Waals surface area contributed by atoms with E-state index in [9.17, 15) is 4.79 Å². The van der Waals surface area contributed by atoms with E-state index >= 15 is 0 Å². The van der Waals surface area contributed by atoms with Crippen LogP contribution in [0.5, 0.6) is 11.5 Å². The summed E-state index contributed by atoms with van der Waals surface area (Å²) in [6, 6.07) is 24.4. The standard InChI is InChI=1S/C25H26N2O4S/c1-29-17-18-30-21-13-11-20(12-14-21)26-25(32)27-24(28)22-9-5-6-10-23(22)31-16-15-19-7-3-2-4-8-19/h2-14H,15-18H2,1H3,(H2,26,27,28,32). The van der Waals surface area contributed by atoms with Crippen LogP contribution in [0.15, 0.2) is 78.9 Å². The third-order valence-corrected chi connectivity index (χ3v) is 4.72. The molecule has 0 aliphatic heterocycles. The molecule has 0 radical (unpaired) electrons. The van der Waals surface area contributed by atoms with Crippen LogP contribution in [0, 0.1) is 0 Å². The first-order valence-electron chi connectivity index (χ1n) is 10.3. The minimum Gasteiger partial charge on any atom is -0.492 e. The van der Waals surface area contributed by atoms with Gasteiger partial charge in [-0.05, 0) is 54.2 Å². The summed E-state index contributed by atoms with van der Waals surface area (Å²) in [4.78, 5) is 12.7. The van der Waals surface area contributed by atoms with E-state index in [1.165, 1.54) is 5.56 Å². The van der Waals surface area contributed by atoms with Gasteiger partial charge in [0.15, 0.2) is 5.11 Å². The minimum absolute atomic E-state index is 0.196. The highest BCUT2D eigenvalue weighted by Gasteiger charge is 2.13. The lowest BCUT2D eigenvalue weighted by atomic mass is 10.1. The van der Waals surface area contributed by atoms with Gasteiger partial charge in [0, 0.05) is 19.2 Å². The first-order chi connectivity index (χ1) is 15.7. The van der Waals surface area contributed by atoms with Crippen molar-refractivity contribution in [2.75, 3.05) is 32.2 Å². The fourth-order valence-electron chi connectivity index (χ4n) is 2.91. The second kappa shape index (κ2) is 12.4. The van der Waals surface area contributed by atoms with E-state index in [2.05, 4.69) is 10.6 Å². The van der Waals surface area contributed by atoms with Crippen molar-refractivity contribution in [2.45, 2.75) is 6.42 Å². The zero-order valence-corrected chi connectivity index (χ0v) is 18.7. The molecule has 0 aliphatic rings. The first-order valence-corrected chi connectivity index (χ1v) is 10.7. The van der Waals surface area contributed by atoms with Crippen LogP contribution in [0.2, 0.25) is 0 Å². The number of hydrogen-bond acceptors (Lipinski definition) is 5. The highest BCUT2D eigenvalue weighted by Crippen LogP contribution is 2.19. The van der Waals surface area contributed by atoms with Crippen LogP contribution in [-0.2, 0) is 11.2 Å². The Morgan fingerprint density at radius 3 is 2.31 bits per heavy atom. The number of thiocarbonyl (C=S) groups is 1. The van der Waals surface area contributed by atoms with Gasteiger partial charge in [-0.2, -0.15) is 0 Å². The fraction of sp³-hybridized carbons (Fsp3) is 0.200. The number of hydrogen-bond donors (Lipinski definition) is 2. The molecule has 2 N–H and O–H groups in total. The number of para-hydroxylation sites is 1. The predicted molar refractivity (Wildman–Crippen MR) is 130 cm³/mol. The summed E-state index contributed by atoms with van der Waals surface area (Å²) in [6.45, 7) is 1.47. The van der Waals surface area contributed by atoms with Gasteiger partial charge in [-0.15, -0.1) is 0 Å². The average Bonchev–Trinajstić information content (AvgIpc) is 2.81. The van der Waals surface area contributed by atoms with Crippen molar-refractivity contribution in [1.82, 2.24) is 5.32 Å². The largest absolute Gasteiger partial charge is 0.492 e. The van der Waals surface area contributed by atoms with Crippen LogP contribution >= 0.6 is 12.2 Å². The van der Waals surface area contributed by atoms with Gasteiger partial charge in [-0.1, -0.05) is 42.5 Å². The molecule has 3 aromatic carbocycles. The molecule has 0 aromatic heterocycles. The van der Waals surface area contributed by atoms with E-state index in [0.717, 1.165) is 17.9 Å². The maximum atomic E-state index is 12.7. The van der Waals surface area contributed by atoms with Crippen LogP contribution in [0.25, 0.3) is 0 Å². The number of benzene rings is 3. The molecule has 3 aromatic rings. The average molecular weight is 451 g/mol. The molecule has 0 fully saturated rings. The topological polar surface area (TPSA) is 68.8 Å². The van der Waals surface area contributed by atoms with Crippen LogP contribution in [0.3, 0.4) is 0 Å². The number of ether oxygens (including phenoxy) is 3. The Bertz CT molecular complexity index is 1010. The Hall–Kier alpha value is -3.42. The SMILES string of the molecule is COCCOc1ccc(NC(=S)NC(=O)c2ccccc2OCCc2ccccc2)cc1. The van der Waals surface area contributed by atoms with Crippen molar-refractivity contribution >= 4 is 28.9 Å². The molecule has 7 heteroatoms. The molecular weight excluding hydrogens is 424 g/mol. The highest BCUT2D eigenvalue weighted by atomic mass is 32.1. The van der Waals surface area contributed by atoms with Gasteiger partial charge in [0.1, 0.15) is 18.1 Å². The molecule has 0 saturated carbocycles. The molecular formula is C25H26N2O4S. The van der Waals surface area contributed by atoms with Gasteiger partial charge < -0.3 is 19.5 Å². The molecule has 0 saturated heterocycles. The monoisotopic (exact) mass is 450 g/mol. The van der Waals surface area contributed by atoms with Crippen LogP contribution in [0.4, 0.5) is 5.69 Å². The van der Waals surface area contributed by atoms with Crippen molar-refractivity contribution < 1.29 is 19.0 Å². The Labute approximate surface area is 193 Å². The molecule has 166 valence electrons. The second-order valence-electron chi connectivity index (χ2n) is 6.85. The number of carbonyl (C=O) groups excluding carboxylic acids is 1. The van der Waals surface area contributed by atoms with Crippen molar-refractivity contribution in [1.29, 1.82) is 0 Å². The predicted octanol–water partition coefficient (Wildman–Crippen LogP) is 4.46. The fourth-order valence-corrected chi connectivity index (χ4v) is 3.12. The number of carbonyl (C=O) groups is 1. The third kappa shape index (κ3) is 7.37. The first kappa shape index (κ1) is 23.2. The zero-order chi connectivity index (χ0) is 22.6. The molecule has 0 aliphatic carbocycles. The van der Waals surface area contributed by atoms with Gasteiger partial charge in [-0.25, -0.2) is 0 Å². The maximum Gasteiger partial charge on any atom is 0.261 e. The number of methoxy groups -OCH3 is 1. The zero-order valence-electron chi connectivity index (χ0n) is 17.9. The quantitative estimate of drug-likeness (QED) is 0.351. The normalized spacial score (nSPS) is 10.3. The lowest BCUT2D eigenvalue weighted by Crippen LogP contribution is -2.34. The summed E-state index contributed by atoms with van der Waals surface area (Å²) in [5.41, 5.74) is 2.34. The van der Waals surface area contributed by atoms with E-state index in [1.54, 1.807) is 25.3 Å². The lowest BCUT2D eigenvalue weighted by Gasteiger charge is -2.13. The summed E-state index contributed by atoms with van der Waals surface area (Å²) >= 11 is 5.29. The van der Waals surface area contributed by atoms with E-state index in [0.29, 0.717) is 31.1 Å². The summed E-state index contributed by atoms with van der Waals surface area (Å²) in [6.07, 6.45) is 0.752. The molecule has 0 atom stereocenters. The second-order valence-corrected chi connectivity index (χ2v) is 7.26. The maximum absolute atomic E-state index is 12.7. The van der Waals surface area contributed by atoms with Crippen molar-refractivity contribution in [3.63, 3.8) is 0 Å². The molecule has 0 spiro atoms. The molecule has 0 unspecified atom stereocenters. The third-order valence-electron chi connectivity index (χ3n) is 4.52. The Kier molecular flexibility index (Phi) is 9.04. The molecule has 1 amide bonds. The highest BCUT2D eigenvalue weighted by molar-refractivity contribution is 7.80. The molecule has 0 bridgehead atoms. The smallest absolute Gasteiger partial charge is 0.261 e. The van der Waals surface area contributed by atoms with Crippen molar-refractivity contribution in [3.05, 3.63) is 90.0 Å². The molecule has 0 heterocycles. The minimum atomic E-state index is -0.336. The van der Waals surface area contributed by atoms with Gasteiger partial charge in [-0.3, -0.25) is 10.1 Å². The Morgan fingerprint density at radius 1 is 0.844 bits per heavy atom. The van der Waals surface area contributed by atoms with Gasteiger partial charge in [0.05, 0.1) is 18.8 Å². The summed E-state index contributed by atoms with van der Waals surface area (Å²) < 4.78 is 16.4. The van der Waals surface area contributed by atoms with Gasteiger partial charge >= 0.3 is 0 Å². The molecule has 6 nitrogen and oxygen atoms in total. The van der Waals surface area contributed by atoms with Crippen molar-refractivity contribution in [3.8, 4) is 11.5 Å². The summed E-state index contributed by atoms with van der Waals surface area (Å²) in [5, 5.41) is 5.90. The number of anilines is 1. The van der Waals surface area contributed by atoms with E-state index < -0.39 is 0 Å². The number of rotatable bonds is 10. The Morgan fingerprint density at radius 2 is 1.56 bits per heavy atom. The number of amides is 1. The van der Waals surface area contributed by atoms with E-state index in [1.807, 2.05) is 60.7 Å². The lowest BCUT2D eigenvalue weighted by molar-refractivity contribution is 0.0974. The van der Waals surface area contributed by atoms with E-state index in [-0.39, 0.29) is 11.0 Å². The van der Waals surface area contributed by atoms with Gasteiger partial charge in [0.2, 0.25) is 0 Å². The number of nitrogens with one attached hydrogen (secondary N) is 2.